The van der Waals surface area contributed by atoms with Crippen molar-refractivity contribution in [2.45, 2.75) is 63.5 Å². The molecule has 4 bridgehead atoms. The minimum Gasteiger partial charge on any atom is -0.353 e. The van der Waals surface area contributed by atoms with Crippen LogP contribution in [0.15, 0.2) is 0 Å². The van der Waals surface area contributed by atoms with E-state index in [0.29, 0.717) is 35.7 Å². The summed E-state index contributed by atoms with van der Waals surface area (Å²) in [4.78, 5) is 12.8. The molecule has 0 aliphatic heterocycles. The molecular formula is C18H28N2O. The average molecular weight is 288 g/mol. The van der Waals surface area contributed by atoms with Crippen LogP contribution in [0.25, 0.3) is 0 Å². The molecule has 3 nitrogen and oxygen atoms in total. The first-order valence-electron chi connectivity index (χ1n) is 9.28. The first kappa shape index (κ1) is 12.9. The number of nitrogens with two attached hydrogens (primary N) is 1. The van der Waals surface area contributed by atoms with E-state index in [0.717, 1.165) is 36.5 Å². The Morgan fingerprint density at radius 2 is 1.48 bits per heavy atom. The van der Waals surface area contributed by atoms with E-state index >= 15 is 0 Å². The summed E-state index contributed by atoms with van der Waals surface area (Å²) >= 11 is 0. The normalized spacial score (nSPS) is 56.9. The van der Waals surface area contributed by atoms with Gasteiger partial charge in [-0.25, -0.2) is 0 Å². The van der Waals surface area contributed by atoms with Gasteiger partial charge in [0.2, 0.25) is 5.91 Å². The molecule has 21 heavy (non-hydrogen) atoms. The fraction of sp³-hybridized carbons (Fsp3) is 0.944. The number of hydrogen-bond acceptors (Lipinski definition) is 2. The van der Waals surface area contributed by atoms with Gasteiger partial charge in [-0.05, 0) is 80.5 Å². The molecule has 1 amide bonds. The van der Waals surface area contributed by atoms with E-state index in [1.54, 1.807) is 0 Å². The van der Waals surface area contributed by atoms with Crippen molar-refractivity contribution in [2.24, 2.45) is 47.2 Å². The summed E-state index contributed by atoms with van der Waals surface area (Å²) in [5.41, 5.74) is 6.20. The van der Waals surface area contributed by atoms with E-state index < -0.39 is 0 Å². The van der Waals surface area contributed by atoms with E-state index in [9.17, 15) is 4.79 Å². The largest absolute Gasteiger partial charge is 0.353 e. The topological polar surface area (TPSA) is 55.1 Å². The molecule has 6 atom stereocenters. The van der Waals surface area contributed by atoms with Crippen molar-refractivity contribution < 1.29 is 4.79 Å². The minimum absolute atomic E-state index is 0.379. The highest BCUT2D eigenvalue weighted by Gasteiger charge is 2.67. The average Bonchev–Trinajstić information content (AvgIpc) is 2.89. The summed E-state index contributed by atoms with van der Waals surface area (Å²) in [5.74, 6) is 5.47. The molecule has 0 radical (unpaired) electrons. The van der Waals surface area contributed by atoms with Gasteiger partial charge < -0.3 is 11.1 Å². The van der Waals surface area contributed by atoms with Crippen molar-refractivity contribution in [3.8, 4) is 0 Å². The summed E-state index contributed by atoms with van der Waals surface area (Å²) in [5, 5.41) is 3.51. The SMILES string of the molecule is NC1CC2CCCC(C1)C2NC(=O)C1C2C3CCC(C3)C12. The van der Waals surface area contributed by atoms with E-state index in [1.807, 2.05) is 0 Å². The van der Waals surface area contributed by atoms with Crippen molar-refractivity contribution in [3.63, 3.8) is 0 Å². The lowest BCUT2D eigenvalue weighted by Crippen LogP contribution is -2.54. The number of nitrogens with one attached hydrogen (secondary N) is 1. The van der Waals surface area contributed by atoms with Crippen LogP contribution < -0.4 is 11.1 Å². The van der Waals surface area contributed by atoms with Crippen LogP contribution in [0.1, 0.15) is 51.4 Å². The molecule has 3 N–H and O–H groups in total. The van der Waals surface area contributed by atoms with Gasteiger partial charge in [-0.3, -0.25) is 4.79 Å². The molecule has 5 saturated carbocycles. The number of rotatable bonds is 2. The molecule has 5 aliphatic carbocycles. The van der Waals surface area contributed by atoms with Gasteiger partial charge in [-0.1, -0.05) is 6.42 Å². The predicted molar refractivity (Wildman–Crippen MR) is 81.3 cm³/mol. The second-order valence-electron chi connectivity index (χ2n) is 8.73. The zero-order valence-electron chi connectivity index (χ0n) is 12.8. The molecule has 0 saturated heterocycles. The highest BCUT2D eigenvalue weighted by Crippen LogP contribution is 2.69. The standard InChI is InChI=1S/C18H28N2O/c19-13-7-11-2-1-3-12(8-13)17(11)20-18(21)16-14-9-4-5-10(6-9)15(14)16/h9-17H,1-8,19H2,(H,20,21). The summed E-state index contributed by atoms with van der Waals surface area (Å²) < 4.78 is 0. The Bertz CT molecular complexity index is 434. The first-order chi connectivity index (χ1) is 10.2. The van der Waals surface area contributed by atoms with Gasteiger partial charge in [0.25, 0.3) is 0 Å². The lowest BCUT2D eigenvalue weighted by molar-refractivity contribution is -0.125. The molecule has 0 aromatic rings. The zero-order valence-corrected chi connectivity index (χ0v) is 12.8. The zero-order chi connectivity index (χ0) is 14.1. The van der Waals surface area contributed by atoms with Crippen LogP contribution in [0.4, 0.5) is 0 Å². The third-order valence-corrected chi connectivity index (χ3v) is 7.72. The smallest absolute Gasteiger partial charge is 0.223 e. The molecule has 116 valence electrons. The Morgan fingerprint density at radius 3 is 2.10 bits per heavy atom. The molecule has 0 aromatic carbocycles. The van der Waals surface area contributed by atoms with E-state index in [2.05, 4.69) is 5.32 Å². The van der Waals surface area contributed by atoms with Crippen LogP contribution in [-0.2, 0) is 4.79 Å². The van der Waals surface area contributed by atoms with Crippen LogP contribution in [0, 0.1) is 41.4 Å². The fourth-order valence-corrected chi connectivity index (χ4v) is 6.96. The van der Waals surface area contributed by atoms with Gasteiger partial charge >= 0.3 is 0 Å². The molecule has 5 rings (SSSR count). The third-order valence-electron chi connectivity index (χ3n) is 7.72. The van der Waals surface area contributed by atoms with E-state index in [1.165, 1.54) is 38.5 Å². The van der Waals surface area contributed by atoms with Crippen LogP contribution in [-0.4, -0.2) is 18.0 Å². The second kappa shape index (κ2) is 4.47. The van der Waals surface area contributed by atoms with Gasteiger partial charge in [0.1, 0.15) is 0 Å². The summed E-state index contributed by atoms with van der Waals surface area (Å²) in [6.45, 7) is 0. The molecule has 6 unspecified atom stereocenters. The lowest BCUT2D eigenvalue weighted by atomic mass is 9.67. The maximum absolute atomic E-state index is 12.8. The highest BCUT2D eigenvalue weighted by molar-refractivity contribution is 5.83. The molecule has 0 aromatic heterocycles. The lowest BCUT2D eigenvalue weighted by Gasteiger charge is -2.45. The molecular weight excluding hydrogens is 260 g/mol. The second-order valence-corrected chi connectivity index (χ2v) is 8.73. The van der Waals surface area contributed by atoms with Crippen LogP contribution in [0.5, 0.6) is 0 Å². The Balaban J connectivity index is 1.27. The van der Waals surface area contributed by atoms with E-state index in [-0.39, 0.29) is 0 Å². The number of fused-ring (bicyclic) bond motifs is 7. The monoisotopic (exact) mass is 288 g/mol. The van der Waals surface area contributed by atoms with Gasteiger partial charge in [0, 0.05) is 18.0 Å². The molecule has 0 spiro atoms. The Hall–Kier alpha value is -0.570. The summed E-state index contributed by atoms with van der Waals surface area (Å²) in [6.07, 6.45) is 10.4. The van der Waals surface area contributed by atoms with Crippen LogP contribution in [0.2, 0.25) is 0 Å². The van der Waals surface area contributed by atoms with Crippen molar-refractivity contribution in [1.29, 1.82) is 0 Å². The van der Waals surface area contributed by atoms with Crippen LogP contribution >= 0.6 is 0 Å². The van der Waals surface area contributed by atoms with Crippen molar-refractivity contribution in [2.75, 3.05) is 0 Å². The fourth-order valence-electron chi connectivity index (χ4n) is 6.96. The molecule has 3 heteroatoms. The quantitative estimate of drug-likeness (QED) is 0.819. The summed E-state index contributed by atoms with van der Waals surface area (Å²) in [6, 6.07) is 0.828. The van der Waals surface area contributed by atoms with Crippen molar-refractivity contribution >= 4 is 5.91 Å². The number of carbonyl (C=O) groups excluding carboxylic acids is 1. The summed E-state index contributed by atoms with van der Waals surface area (Å²) in [7, 11) is 0. The van der Waals surface area contributed by atoms with Crippen molar-refractivity contribution in [1.82, 2.24) is 5.32 Å². The maximum Gasteiger partial charge on any atom is 0.223 e. The van der Waals surface area contributed by atoms with Gasteiger partial charge in [0.05, 0.1) is 0 Å². The molecule has 5 aliphatic rings. The number of amides is 1. The third kappa shape index (κ3) is 1.85. The highest BCUT2D eigenvalue weighted by atomic mass is 16.2. The Morgan fingerprint density at radius 1 is 0.857 bits per heavy atom. The Kier molecular flexibility index (Phi) is 2.75. The van der Waals surface area contributed by atoms with Gasteiger partial charge in [0.15, 0.2) is 0 Å². The minimum atomic E-state index is 0.379. The molecule has 0 heterocycles. The van der Waals surface area contributed by atoms with Crippen LogP contribution in [0.3, 0.4) is 0 Å². The van der Waals surface area contributed by atoms with Gasteiger partial charge in [-0.2, -0.15) is 0 Å². The number of carbonyl (C=O) groups is 1. The molecule has 5 fully saturated rings. The Labute approximate surface area is 127 Å². The predicted octanol–water partition coefficient (Wildman–Crippen LogP) is 2.30. The van der Waals surface area contributed by atoms with Gasteiger partial charge in [-0.15, -0.1) is 0 Å². The first-order valence-corrected chi connectivity index (χ1v) is 9.28. The maximum atomic E-state index is 12.8. The van der Waals surface area contributed by atoms with E-state index in [4.69, 9.17) is 5.73 Å². The number of hydrogen-bond donors (Lipinski definition) is 2. The van der Waals surface area contributed by atoms with Crippen molar-refractivity contribution in [3.05, 3.63) is 0 Å².